The molecule has 1 saturated heterocycles. The summed E-state index contributed by atoms with van der Waals surface area (Å²) < 4.78 is 0. The van der Waals surface area contributed by atoms with Crippen molar-refractivity contribution in [3.8, 4) is 5.75 Å². The van der Waals surface area contributed by atoms with Crippen LogP contribution in [0.25, 0.3) is 0 Å². The number of aryl methyl sites for hydroxylation is 1. The topological polar surface area (TPSA) is 161 Å². The molecule has 2 atom stereocenters. The number of likely N-dealkylation sites (tertiary alicyclic amines) is 1. The lowest BCUT2D eigenvalue weighted by Crippen LogP contribution is -2.46. The van der Waals surface area contributed by atoms with Gasteiger partial charge in [-0.15, -0.1) is 0 Å². The van der Waals surface area contributed by atoms with Crippen molar-refractivity contribution in [1.82, 2.24) is 15.6 Å². The molecule has 1 aliphatic rings. The average Bonchev–Trinajstić information content (AvgIpc) is 3.36. The summed E-state index contributed by atoms with van der Waals surface area (Å²) >= 11 is 12.7. The molecule has 0 spiro atoms. The number of aliphatic hydroxyl groups is 1. The van der Waals surface area contributed by atoms with Gasteiger partial charge in [-0.25, -0.2) is 15.6 Å². The minimum atomic E-state index is -1.33. The fraction of sp³-hybridized carbons (Fsp3) is 0.375. The van der Waals surface area contributed by atoms with E-state index in [9.17, 15) is 24.9 Å². The Labute approximate surface area is 218 Å². The molecule has 0 aliphatic carbocycles. The van der Waals surface area contributed by atoms with Crippen LogP contribution in [0.4, 0.5) is 0 Å². The van der Waals surface area contributed by atoms with Crippen molar-refractivity contribution in [3.05, 3.63) is 63.1 Å². The Morgan fingerprint density at radius 1 is 1.14 bits per heavy atom. The molecule has 1 unspecified atom stereocenters. The van der Waals surface area contributed by atoms with E-state index in [1.54, 1.807) is 24.3 Å². The van der Waals surface area contributed by atoms with Gasteiger partial charge >= 0.3 is 5.97 Å². The number of carboxylic acids is 1. The third-order valence-corrected chi connectivity index (χ3v) is 6.45. The van der Waals surface area contributed by atoms with Crippen molar-refractivity contribution in [2.75, 3.05) is 19.6 Å². The van der Waals surface area contributed by atoms with Crippen molar-refractivity contribution in [3.63, 3.8) is 0 Å². The SMILES string of the molecule is NNC(=NC[C@H](NC(=O)c1c(Cl)cc(CCC(O)c2cccc(O)c2)cc1Cl)C(=O)O)N1CCCC1. The highest BCUT2D eigenvalue weighted by Crippen LogP contribution is 2.29. The first kappa shape index (κ1) is 27.5. The highest BCUT2D eigenvalue weighted by molar-refractivity contribution is 6.39. The molecule has 194 valence electrons. The molecule has 7 N–H and O–H groups in total. The van der Waals surface area contributed by atoms with Crippen LogP contribution in [0.2, 0.25) is 10.0 Å². The number of phenolic OH excluding ortho intramolecular Hbond substituents is 1. The first-order valence-corrected chi connectivity index (χ1v) is 12.2. The van der Waals surface area contributed by atoms with E-state index >= 15 is 0 Å². The molecule has 3 rings (SSSR count). The molecular weight excluding hydrogens is 509 g/mol. The first-order valence-electron chi connectivity index (χ1n) is 11.4. The van der Waals surface area contributed by atoms with Crippen molar-refractivity contribution in [2.45, 2.75) is 37.8 Å². The third-order valence-electron chi connectivity index (χ3n) is 5.85. The number of aliphatic hydroxyl groups excluding tert-OH is 1. The number of hydrazine groups is 1. The Bertz CT molecular complexity index is 1100. The van der Waals surface area contributed by atoms with Gasteiger partial charge in [-0.3, -0.25) is 10.2 Å². The van der Waals surface area contributed by atoms with Crippen molar-refractivity contribution in [2.24, 2.45) is 10.8 Å². The van der Waals surface area contributed by atoms with E-state index in [1.807, 2.05) is 4.90 Å². The maximum absolute atomic E-state index is 12.9. The van der Waals surface area contributed by atoms with Gasteiger partial charge in [0.25, 0.3) is 5.91 Å². The zero-order valence-corrected chi connectivity index (χ0v) is 21.0. The number of phenols is 1. The van der Waals surface area contributed by atoms with Crippen molar-refractivity contribution < 1.29 is 24.9 Å². The Balaban J connectivity index is 1.66. The number of rotatable bonds is 9. The van der Waals surface area contributed by atoms with Crippen LogP contribution in [0, 0.1) is 0 Å². The van der Waals surface area contributed by atoms with Crippen LogP contribution >= 0.6 is 23.2 Å². The number of benzene rings is 2. The number of carbonyl (C=O) groups is 2. The number of aromatic hydroxyl groups is 1. The quantitative estimate of drug-likeness (QED) is 0.123. The predicted molar refractivity (Wildman–Crippen MR) is 137 cm³/mol. The number of hydrogen-bond acceptors (Lipinski definition) is 6. The molecule has 0 saturated carbocycles. The van der Waals surface area contributed by atoms with Gasteiger partial charge < -0.3 is 25.5 Å². The van der Waals surface area contributed by atoms with E-state index in [2.05, 4.69) is 15.7 Å². The number of hydrogen-bond donors (Lipinski definition) is 6. The molecule has 2 aromatic carbocycles. The zero-order valence-electron chi connectivity index (χ0n) is 19.5. The number of carbonyl (C=O) groups excluding carboxylic acids is 1. The number of guanidine groups is 1. The van der Waals surface area contributed by atoms with Crippen LogP contribution in [0.5, 0.6) is 5.75 Å². The van der Waals surface area contributed by atoms with Crippen LogP contribution in [-0.4, -0.2) is 63.7 Å². The molecule has 0 aromatic heterocycles. The molecule has 10 nitrogen and oxygen atoms in total. The molecule has 2 aromatic rings. The molecule has 1 heterocycles. The van der Waals surface area contributed by atoms with Gasteiger partial charge in [-0.05, 0) is 61.1 Å². The second kappa shape index (κ2) is 12.8. The summed E-state index contributed by atoms with van der Waals surface area (Å²) in [6.45, 7) is 1.28. The van der Waals surface area contributed by atoms with Crippen LogP contribution in [0.1, 0.15) is 46.9 Å². The van der Waals surface area contributed by atoms with Crippen LogP contribution in [0.3, 0.4) is 0 Å². The summed E-state index contributed by atoms with van der Waals surface area (Å²) in [7, 11) is 0. The van der Waals surface area contributed by atoms with E-state index in [1.165, 1.54) is 12.1 Å². The summed E-state index contributed by atoms with van der Waals surface area (Å²) in [5.41, 5.74) is 3.68. The molecule has 1 fully saturated rings. The number of aliphatic carboxylic acids is 1. The number of nitrogens with two attached hydrogens (primary N) is 1. The molecule has 36 heavy (non-hydrogen) atoms. The summed E-state index contributed by atoms with van der Waals surface area (Å²) in [5, 5.41) is 32.1. The molecule has 12 heteroatoms. The van der Waals surface area contributed by atoms with E-state index in [-0.39, 0.29) is 27.9 Å². The van der Waals surface area contributed by atoms with Gasteiger partial charge in [-0.1, -0.05) is 35.3 Å². The third kappa shape index (κ3) is 7.23. The minimum absolute atomic E-state index is 0.0517. The fourth-order valence-corrected chi connectivity index (χ4v) is 4.65. The van der Waals surface area contributed by atoms with E-state index in [0.717, 1.165) is 25.9 Å². The van der Waals surface area contributed by atoms with Crippen molar-refractivity contribution >= 4 is 41.0 Å². The van der Waals surface area contributed by atoms with Crippen LogP contribution < -0.4 is 16.6 Å². The van der Waals surface area contributed by atoms with E-state index in [4.69, 9.17) is 29.0 Å². The van der Waals surface area contributed by atoms with Gasteiger partial charge in [0, 0.05) is 13.1 Å². The summed E-state index contributed by atoms with van der Waals surface area (Å²) in [4.78, 5) is 30.7. The number of nitrogens with one attached hydrogen (secondary N) is 2. The monoisotopic (exact) mass is 537 g/mol. The lowest BCUT2D eigenvalue weighted by molar-refractivity contribution is -0.138. The maximum atomic E-state index is 12.9. The van der Waals surface area contributed by atoms with Gasteiger partial charge in [-0.2, -0.15) is 0 Å². The average molecular weight is 538 g/mol. The van der Waals surface area contributed by atoms with Crippen LogP contribution in [0.15, 0.2) is 41.4 Å². The van der Waals surface area contributed by atoms with Gasteiger partial charge in [0.15, 0.2) is 0 Å². The predicted octanol–water partition coefficient (Wildman–Crippen LogP) is 2.46. The summed E-state index contributed by atoms with van der Waals surface area (Å²) in [6.07, 6.45) is 1.89. The van der Waals surface area contributed by atoms with Gasteiger partial charge in [0.1, 0.15) is 11.8 Å². The number of nitrogens with zero attached hydrogens (tertiary/aromatic N) is 2. The smallest absolute Gasteiger partial charge is 0.328 e. The lowest BCUT2D eigenvalue weighted by Gasteiger charge is -2.20. The lowest BCUT2D eigenvalue weighted by atomic mass is 10.00. The summed E-state index contributed by atoms with van der Waals surface area (Å²) in [5.74, 6) is 3.93. The highest BCUT2D eigenvalue weighted by Gasteiger charge is 2.25. The largest absolute Gasteiger partial charge is 0.508 e. The second-order valence-corrected chi connectivity index (χ2v) is 9.27. The number of halogens is 2. The number of carboxylic acid groups (broad SMARTS) is 1. The Kier molecular flexibility index (Phi) is 9.77. The minimum Gasteiger partial charge on any atom is -0.508 e. The van der Waals surface area contributed by atoms with Gasteiger partial charge in [0.05, 0.1) is 28.3 Å². The Morgan fingerprint density at radius 3 is 2.39 bits per heavy atom. The van der Waals surface area contributed by atoms with Gasteiger partial charge in [0.2, 0.25) is 5.96 Å². The summed E-state index contributed by atoms with van der Waals surface area (Å²) in [6, 6.07) is 8.13. The fourth-order valence-electron chi connectivity index (χ4n) is 3.95. The molecule has 1 aliphatic heterocycles. The second-order valence-electron chi connectivity index (χ2n) is 8.45. The normalized spacial score (nSPS) is 15.4. The number of amides is 1. The standard InChI is InChI=1S/C24H29Cl2N5O5/c25-17-10-14(6-7-20(33)15-4-3-5-16(32)12-15)11-18(26)21(17)22(34)29-19(23(35)36)13-28-24(30-27)31-8-1-2-9-31/h3-5,10-12,19-20,32-33H,1-2,6-9,13,27H2,(H,28,30)(H,29,34)(H,35,36)/t19-,20?/m0/s1. The number of aliphatic imine (C=N–C) groups is 1. The van der Waals surface area contributed by atoms with Crippen LogP contribution in [-0.2, 0) is 11.2 Å². The van der Waals surface area contributed by atoms with E-state index in [0.29, 0.717) is 29.9 Å². The Hall–Kier alpha value is -3.05. The maximum Gasteiger partial charge on any atom is 0.328 e. The first-order chi connectivity index (χ1) is 17.2. The molecule has 1 amide bonds. The molecule has 0 radical (unpaired) electrons. The Morgan fingerprint density at radius 2 is 1.81 bits per heavy atom. The highest BCUT2D eigenvalue weighted by atomic mass is 35.5. The molecular formula is C24H29Cl2N5O5. The van der Waals surface area contributed by atoms with E-state index < -0.39 is 24.0 Å². The molecule has 0 bridgehead atoms. The zero-order chi connectivity index (χ0) is 26.2. The van der Waals surface area contributed by atoms with Crippen molar-refractivity contribution in [1.29, 1.82) is 0 Å².